The molecule has 0 spiro atoms. The fraction of sp³-hybridized carbons (Fsp3) is 0.529. The van der Waals surface area contributed by atoms with Gasteiger partial charge in [0.05, 0.1) is 13.2 Å². The highest BCUT2D eigenvalue weighted by Crippen LogP contribution is 2.31. The van der Waals surface area contributed by atoms with E-state index in [1.54, 1.807) is 14.0 Å². The van der Waals surface area contributed by atoms with Gasteiger partial charge in [0, 0.05) is 6.54 Å². The lowest BCUT2D eigenvalue weighted by molar-refractivity contribution is -0.135. The first-order chi connectivity index (χ1) is 11.0. The Morgan fingerprint density at radius 2 is 1.96 bits per heavy atom. The summed E-state index contributed by atoms with van der Waals surface area (Å²) in [7, 11) is 1.63. The van der Waals surface area contributed by atoms with E-state index in [0.717, 1.165) is 37.0 Å². The van der Waals surface area contributed by atoms with Gasteiger partial charge in [-0.05, 0) is 37.5 Å². The van der Waals surface area contributed by atoms with Crippen molar-refractivity contribution in [3.05, 3.63) is 29.8 Å². The van der Waals surface area contributed by atoms with Crippen LogP contribution in [0.2, 0.25) is 0 Å². The van der Waals surface area contributed by atoms with Crippen LogP contribution in [0.5, 0.6) is 5.75 Å². The second kappa shape index (κ2) is 7.85. The number of nitrogens with one attached hydrogen (secondary N) is 1. The third-order valence-electron chi connectivity index (χ3n) is 4.27. The molecule has 6 heteroatoms. The summed E-state index contributed by atoms with van der Waals surface area (Å²) in [6.07, 6.45) is 4.08. The fourth-order valence-corrected chi connectivity index (χ4v) is 3.07. The minimum absolute atomic E-state index is 0.0213. The smallest absolute Gasteiger partial charge is 0.312 e. The minimum atomic E-state index is -0.679. The number of amides is 3. The van der Waals surface area contributed by atoms with Crippen molar-refractivity contribution < 1.29 is 14.3 Å². The van der Waals surface area contributed by atoms with Crippen LogP contribution in [-0.2, 0) is 4.79 Å². The molecule has 2 atom stereocenters. The largest absolute Gasteiger partial charge is 0.497 e. The number of nitrogens with zero attached hydrogens (tertiary/aromatic N) is 1. The summed E-state index contributed by atoms with van der Waals surface area (Å²) in [5.74, 6) is 0.704. The van der Waals surface area contributed by atoms with Crippen molar-refractivity contribution in [2.24, 2.45) is 5.73 Å². The van der Waals surface area contributed by atoms with E-state index in [-0.39, 0.29) is 11.9 Å². The number of hydrogen-bond donors (Lipinski definition) is 2. The summed E-state index contributed by atoms with van der Waals surface area (Å²) < 4.78 is 5.20. The van der Waals surface area contributed by atoms with Crippen LogP contribution in [0.25, 0.3) is 0 Å². The molecule has 1 heterocycles. The molecule has 1 fully saturated rings. The molecule has 0 radical (unpaired) electrons. The lowest BCUT2D eigenvalue weighted by Crippen LogP contribution is -2.49. The lowest BCUT2D eigenvalue weighted by atomic mass is 10.00. The van der Waals surface area contributed by atoms with Gasteiger partial charge in [0.2, 0.25) is 5.91 Å². The summed E-state index contributed by atoms with van der Waals surface area (Å²) >= 11 is 0. The van der Waals surface area contributed by atoms with Gasteiger partial charge in [0.15, 0.2) is 0 Å². The number of likely N-dealkylation sites (tertiary alicyclic amines) is 1. The number of primary amides is 1. The first-order valence-corrected chi connectivity index (χ1v) is 8.03. The number of hydrogen-bond acceptors (Lipinski definition) is 3. The summed E-state index contributed by atoms with van der Waals surface area (Å²) in [5.41, 5.74) is 6.22. The Bertz CT molecular complexity index is 545. The Kier molecular flexibility index (Phi) is 5.84. The zero-order valence-electron chi connectivity index (χ0n) is 13.7. The van der Waals surface area contributed by atoms with Gasteiger partial charge in [-0.2, -0.15) is 0 Å². The third kappa shape index (κ3) is 4.37. The highest BCUT2D eigenvalue weighted by atomic mass is 16.5. The normalized spacial score (nSPS) is 19.6. The standard InChI is InChI=1S/C17H25N3O3/c1-12(19-17(18)22)16(21)20-11-5-3-4-6-15(20)13-7-9-14(23-2)10-8-13/h7-10,12,15H,3-6,11H2,1-2H3,(H3,18,19,22)/t12-,15?/m0/s1. The Labute approximate surface area is 137 Å². The van der Waals surface area contributed by atoms with Crippen LogP contribution in [0.1, 0.15) is 44.2 Å². The zero-order chi connectivity index (χ0) is 16.8. The zero-order valence-corrected chi connectivity index (χ0v) is 13.7. The lowest BCUT2D eigenvalue weighted by Gasteiger charge is -2.32. The maximum Gasteiger partial charge on any atom is 0.312 e. The number of ether oxygens (including phenoxy) is 1. The molecule has 2 rings (SSSR count). The molecule has 3 amide bonds. The number of rotatable bonds is 4. The highest BCUT2D eigenvalue weighted by Gasteiger charge is 2.30. The molecule has 23 heavy (non-hydrogen) atoms. The van der Waals surface area contributed by atoms with E-state index in [1.165, 1.54) is 0 Å². The molecule has 1 aromatic carbocycles. The molecule has 1 saturated heterocycles. The average molecular weight is 319 g/mol. The van der Waals surface area contributed by atoms with Crippen molar-refractivity contribution in [1.82, 2.24) is 10.2 Å². The molecule has 1 unspecified atom stereocenters. The molecule has 1 aliphatic heterocycles. The predicted molar refractivity (Wildman–Crippen MR) is 88.1 cm³/mol. The molecule has 1 aromatic rings. The van der Waals surface area contributed by atoms with E-state index in [1.807, 2.05) is 29.2 Å². The van der Waals surface area contributed by atoms with Crippen LogP contribution in [0.4, 0.5) is 4.79 Å². The predicted octanol–water partition coefficient (Wildman–Crippen LogP) is 2.20. The van der Waals surface area contributed by atoms with Crippen molar-refractivity contribution in [2.45, 2.75) is 44.7 Å². The minimum Gasteiger partial charge on any atom is -0.497 e. The number of carbonyl (C=O) groups is 2. The van der Waals surface area contributed by atoms with Crippen LogP contribution < -0.4 is 15.8 Å². The molecule has 1 aliphatic rings. The van der Waals surface area contributed by atoms with Crippen molar-refractivity contribution in [2.75, 3.05) is 13.7 Å². The van der Waals surface area contributed by atoms with Crippen molar-refractivity contribution in [1.29, 1.82) is 0 Å². The van der Waals surface area contributed by atoms with Crippen LogP contribution in [0.15, 0.2) is 24.3 Å². The Morgan fingerprint density at radius 1 is 1.26 bits per heavy atom. The second-order valence-electron chi connectivity index (χ2n) is 5.90. The van der Waals surface area contributed by atoms with Gasteiger partial charge in [-0.25, -0.2) is 4.79 Å². The van der Waals surface area contributed by atoms with Crippen LogP contribution in [-0.4, -0.2) is 36.5 Å². The van der Waals surface area contributed by atoms with E-state index >= 15 is 0 Å². The summed E-state index contributed by atoms with van der Waals surface area (Å²) in [4.78, 5) is 25.6. The first-order valence-electron chi connectivity index (χ1n) is 8.03. The summed E-state index contributed by atoms with van der Waals surface area (Å²) in [6.45, 7) is 2.36. The molecular formula is C17H25N3O3. The topological polar surface area (TPSA) is 84.7 Å². The number of carbonyl (C=O) groups excluding carboxylic acids is 2. The van der Waals surface area contributed by atoms with Gasteiger partial charge in [0.1, 0.15) is 11.8 Å². The monoisotopic (exact) mass is 319 g/mol. The molecule has 3 N–H and O–H groups in total. The van der Waals surface area contributed by atoms with E-state index in [0.29, 0.717) is 6.54 Å². The maximum absolute atomic E-state index is 12.7. The molecule has 0 aliphatic carbocycles. The average Bonchev–Trinajstić information content (AvgIpc) is 2.79. The van der Waals surface area contributed by atoms with E-state index < -0.39 is 12.1 Å². The fourth-order valence-electron chi connectivity index (χ4n) is 3.07. The number of methoxy groups -OCH3 is 1. The highest BCUT2D eigenvalue weighted by molar-refractivity contribution is 5.86. The molecule has 0 aromatic heterocycles. The molecule has 0 saturated carbocycles. The van der Waals surface area contributed by atoms with E-state index in [9.17, 15) is 9.59 Å². The van der Waals surface area contributed by atoms with E-state index in [2.05, 4.69) is 5.32 Å². The molecule has 126 valence electrons. The van der Waals surface area contributed by atoms with Gasteiger partial charge in [-0.15, -0.1) is 0 Å². The third-order valence-corrected chi connectivity index (χ3v) is 4.27. The number of benzene rings is 1. The van der Waals surface area contributed by atoms with Crippen LogP contribution >= 0.6 is 0 Å². The first kappa shape index (κ1) is 17.1. The van der Waals surface area contributed by atoms with Gasteiger partial charge in [0.25, 0.3) is 0 Å². The van der Waals surface area contributed by atoms with Gasteiger partial charge < -0.3 is 20.7 Å². The van der Waals surface area contributed by atoms with Crippen molar-refractivity contribution in [3.8, 4) is 5.75 Å². The van der Waals surface area contributed by atoms with Gasteiger partial charge >= 0.3 is 6.03 Å². The summed E-state index contributed by atoms with van der Waals surface area (Å²) in [6, 6.07) is 6.55. The van der Waals surface area contributed by atoms with Gasteiger partial charge in [-0.3, -0.25) is 4.79 Å². The van der Waals surface area contributed by atoms with Crippen molar-refractivity contribution in [3.63, 3.8) is 0 Å². The number of urea groups is 1. The molecule has 6 nitrogen and oxygen atoms in total. The van der Waals surface area contributed by atoms with E-state index in [4.69, 9.17) is 10.5 Å². The Morgan fingerprint density at radius 3 is 2.57 bits per heavy atom. The molecule has 0 bridgehead atoms. The maximum atomic E-state index is 12.7. The van der Waals surface area contributed by atoms with Crippen LogP contribution in [0.3, 0.4) is 0 Å². The van der Waals surface area contributed by atoms with Crippen LogP contribution in [0, 0.1) is 0 Å². The second-order valence-corrected chi connectivity index (χ2v) is 5.90. The Hall–Kier alpha value is -2.24. The Balaban J connectivity index is 2.21. The van der Waals surface area contributed by atoms with Gasteiger partial charge in [-0.1, -0.05) is 25.0 Å². The molecular weight excluding hydrogens is 294 g/mol. The quantitative estimate of drug-likeness (QED) is 0.892. The SMILES string of the molecule is COc1ccc(C2CCCCCN2C(=O)[C@H](C)NC(N)=O)cc1. The van der Waals surface area contributed by atoms with Crippen molar-refractivity contribution >= 4 is 11.9 Å². The summed E-state index contributed by atoms with van der Waals surface area (Å²) in [5, 5.41) is 2.48. The number of nitrogens with two attached hydrogens (primary N) is 1.